The first-order valence-electron chi connectivity index (χ1n) is 7.51. The van der Waals surface area contributed by atoms with Crippen molar-refractivity contribution in [1.29, 1.82) is 0 Å². The molecule has 128 valence electrons. The number of fused-ring (bicyclic) bond motifs is 1. The van der Waals surface area contributed by atoms with Gasteiger partial charge in [-0.1, -0.05) is 0 Å². The molecule has 0 saturated heterocycles. The molecule has 0 saturated carbocycles. The first-order valence-corrected chi connectivity index (χ1v) is 8.78. The van der Waals surface area contributed by atoms with E-state index in [9.17, 15) is 14.4 Å². The van der Waals surface area contributed by atoms with Crippen molar-refractivity contribution >= 4 is 51.2 Å². The maximum absolute atomic E-state index is 12.4. The average Bonchev–Trinajstić information content (AvgIpc) is 2.95. The molecule has 24 heavy (non-hydrogen) atoms. The molecule has 1 N–H and O–H groups in total. The molecule has 8 heteroatoms. The van der Waals surface area contributed by atoms with Crippen LogP contribution in [0, 0.1) is 0 Å². The summed E-state index contributed by atoms with van der Waals surface area (Å²) in [6.45, 7) is 5.06. The Kier molecular flexibility index (Phi) is 5.95. The van der Waals surface area contributed by atoms with Gasteiger partial charge in [-0.05, 0) is 32.0 Å². The van der Waals surface area contributed by atoms with Crippen LogP contribution in [0.15, 0.2) is 18.2 Å². The maximum atomic E-state index is 12.4. The van der Waals surface area contributed by atoms with Crippen molar-refractivity contribution in [3.05, 3.63) is 28.8 Å². The summed E-state index contributed by atoms with van der Waals surface area (Å²) < 4.78 is 0.797. The molecule has 0 radical (unpaired) electrons. The first kappa shape index (κ1) is 18.4. The lowest BCUT2D eigenvalue weighted by Crippen LogP contribution is -2.30. The Bertz CT molecular complexity index is 783. The van der Waals surface area contributed by atoms with Crippen LogP contribution in [-0.2, 0) is 9.59 Å². The fourth-order valence-electron chi connectivity index (χ4n) is 2.38. The molecule has 0 aliphatic heterocycles. The van der Waals surface area contributed by atoms with Crippen LogP contribution in [0.4, 0.5) is 0 Å². The van der Waals surface area contributed by atoms with Gasteiger partial charge >= 0.3 is 5.97 Å². The van der Waals surface area contributed by atoms with Crippen LogP contribution in [-0.4, -0.2) is 45.1 Å². The number of carbonyl (C=O) groups is 3. The molecule has 0 aliphatic carbocycles. The van der Waals surface area contributed by atoms with Gasteiger partial charge in [0.05, 0.1) is 22.6 Å². The van der Waals surface area contributed by atoms with E-state index in [2.05, 4.69) is 17.6 Å². The minimum Gasteiger partial charge on any atom is -0.481 e. The second-order valence-corrected chi connectivity index (χ2v) is 6.70. The van der Waals surface area contributed by atoms with Crippen molar-refractivity contribution in [2.24, 2.45) is 0 Å². The van der Waals surface area contributed by atoms with Crippen LogP contribution >= 0.6 is 24.0 Å². The number of carbonyl (C=O) groups excluding carboxylic acids is 2. The van der Waals surface area contributed by atoms with Gasteiger partial charge in [0.15, 0.2) is 5.12 Å². The van der Waals surface area contributed by atoms with Crippen molar-refractivity contribution in [3.63, 3.8) is 0 Å². The number of rotatable bonds is 7. The fraction of sp³-hybridized carbons (Fsp3) is 0.375. The Morgan fingerprint density at radius 2 is 1.96 bits per heavy atom. The minimum absolute atomic E-state index is 0.0798. The number of thiol groups is 1. The summed E-state index contributed by atoms with van der Waals surface area (Å²) in [7, 11) is 0. The highest BCUT2D eigenvalue weighted by atomic mass is 32.1. The van der Waals surface area contributed by atoms with Crippen LogP contribution in [0.25, 0.3) is 10.2 Å². The Balaban J connectivity index is 2.39. The second-order valence-electron chi connectivity index (χ2n) is 5.20. The molecule has 1 aromatic heterocycles. The van der Waals surface area contributed by atoms with E-state index >= 15 is 0 Å². The lowest BCUT2D eigenvalue weighted by Gasteiger charge is -2.18. The third-order valence-corrected chi connectivity index (χ3v) is 5.14. The quantitative estimate of drug-likeness (QED) is 0.736. The number of carboxylic acid groups (broad SMARTS) is 1. The Morgan fingerprint density at radius 1 is 1.29 bits per heavy atom. The molecule has 6 nitrogen and oxygen atoms in total. The number of thiazole rings is 1. The third-order valence-electron chi connectivity index (χ3n) is 3.68. The molecule has 2 rings (SSSR count). The van der Waals surface area contributed by atoms with Crippen LogP contribution in [0.1, 0.15) is 41.6 Å². The summed E-state index contributed by atoms with van der Waals surface area (Å²) in [6, 6.07) is 5.17. The lowest BCUT2D eigenvalue weighted by atomic mass is 10.1. The van der Waals surface area contributed by atoms with Crippen molar-refractivity contribution in [2.75, 3.05) is 13.1 Å². The van der Waals surface area contributed by atoms with E-state index in [1.54, 1.807) is 23.1 Å². The van der Waals surface area contributed by atoms with Gasteiger partial charge in [-0.15, -0.1) is 24.0 Å². The summed E-state index contributed by atoms with van der Waals surface area (Å²) in [6.07, 6.45) is -0.354. The van der Waals surface area contributed by atoms with Crippen LogP contribution in [0.3, 0.4) is 0 Å². The van der Waals surface area contributed by atoms with E-state index < -0.39 is 17.0 Å². The van der Waals surface area contributed by atoms with Gasteiger partial charge in [0.2, 0.25) is 0 Å². The number of hydrogen-bond acceptors (Lipinski definition) is 5. The van der Waals surface area contributed by atoms with E-state index in [4.69, 9.17) is 5.11 Å². The molecule has 0 fully saturated rings. The molecule has 1 amide bonds. The Hall–Kier alpha value is -1.93. The highest BCUT2D eigenvalue weighted by Gasteiger charge is 2.25. The molecule has 1 aromatic carbocycles. The van der Waals surface area contributed by atoms with Gasteiger partial charge < -0.3 is 10.0 Å². The monoisotopic (exact) mass is 366 g/mol. The largest absolute Gasteiger partial charge is 0.481 e. The highest BCUT2D eigenvalue weighted by Crippen LogP contribution is 2.31. The van der Waals surface area contributed by atoms with Gasteiger partial charge in [0.1, 0.15) is 5.01 Å². The smallest absolute Gasteiger partial charge is 0.304 e. The Labute approximate surface area is 148 Å². The number of carboxylic acids is 1. The molecule has 0 bridgehead atoms. The zero-order chi connectivity index (χ0) is 17.9. The standard InChI is InChI=1S/C16H18N2O4S2/c1-3-18(4-2)15(21)9-5-6-12-11(7-9)17-14(24-12)10(16(22)23)8-13(19)20/h5-7,10H,3-4,8H2,1-2H3,(H,19,20)(H,22,23). The van der Waals surface area contributed by atoms with E-state index in [0.717, 1.165) is 4.70 Å². The zero-order valence-corrected chi connectivity index (χ0v) is 15.1. The van der Waals surface area contributed by atoms with E-state index in [-0.39, 0.29) is 12.3 Å². The third kappa shape index (κ3) is 3.93. The number of aliphatic carboxylic acids is 1. The second kappa shape index (κ2) is 7.76. The van der Waals surface area contributed by atoms with Gasteiger partial charge in [0, 0.05) is 18.7 Å². The number of nitrogens with zero attached hydrogens (tertiary/aromatic N) is 2. The van der Waals surface area contributed by atoms with E-state index in [0.29, 0.717) is 29.2 Å². The molecular formula is C16H18N2O4S2. The van der Waals surface area contributed by atoms with Crippen molar-refractivity contribution in [1.82, 2.24) is 9.88 Å². The number of aromatic nitrogens is 1. The number of benzene rings is 1. The summed E-state index contributed by atoms with van der Waals surface area (Å²) in [4.78, 5) is 41.0. The zero-order valence-electron chi connectivity index (χ0n) is 13.4. The number of hydrogen-bond donors (Lipinski definition) is 2. The van der Waals surface area contributed by atoms with Gasteiger partial charge in [-0.2, -0.15) is 0 Å². The normalized spacial score (nSPS) is 12.1. The predicted octanol–water partition coefficient (Wildman–Crippen LogP) is 2.79. The van der Waals surface area contributed by atoms with Gasteiger partial charge in [0.25, 0.3) is 5.91 Å². The molecule has 0 aliphatic rings. The molecular weight excluding hydrogens is 348 g/mol. The molecule has 2 aromatic rings. The summed E-state index contributed by atoms with van der Waals surface area (Å²) in [5.41, 5.74) is 1.10. The van der Waals surface area contributed by atoms with Crippen LogP contribution in [0.2, 0.25) is 0 Å². The van der Waals surface area contributed by atoms with Crippen molar-refractivity contribution in [2.45, 2.75) is 26.2 Å². The highest BCUT2D eigenvalue weighted by molar-refractivity contribution is 7.96. The number of amides is 1. The SMILES string of the molecule is CCN(CC)C(=O)c1ccc2sc(C(CC(=O)O)C(=O)S)nc2c1. The average molecular weight is 366 g/mol. The maximum Gasteiger partial charge on any atom is 0.304 e. The van der Waals surface area contributed by atoms with Gasteiger partial charge in [-0.25, -0.2) is 4.98 Å². The fourth-order valence-corrected chi connectivity index (χ4v) is 3.72. The Morgan fingerprint density at radius 3 is 2.50 bits per heavy atom. The topological polar surface area (TPSA) is 87.6 Å². The predicted molar refractivity (Wildman–Crippen MR) is 95.9 cm³/mol. The van der Waals surface area contributed by atoms with Crippen LogP contribution < -0.4 is 0 Å². The molecule has 1 atom stereocenters. The summed E-state index contributed by atoms with van der Waals surface area (Å²) in [5.74, 6) is -2.05. The van der Waals surface area contributed by atoms with Gasteiger partial charge in [-0.3, -0.25) is 14.4 Å². The molecule has 1 unspecified atom stereocenters. The summed E-state index contributed by atoms with van der Waals surface area (Å²) in [5, 5.41) is 8.81. The first-order chi connectivity index (χ1) is 11.4. The molecule has 1 heterocycles. The lowest BCUT2D eigenvalue weighted by molar-refractivity contribution is -0.138. The van der Waals surface area contributed by atoms with E-state index in [1.165, 1.54) is 11.3 Å². The van der Waals surface area contributed by atoms with Crippen LogP contribution in [0.5, 0.6) is 0 Å². The minimum atomic E-state index is -1.08. The van der Waals surface area contributed by atoms with Crippen molar-refractivity contribution in [3.8, 4) is 0 Å². The van der Waals surface area contributed by atoms with Crippen molar-refractivity contribution < 1.29 is 19.5 Å². The van der Waals surface area contributed by atoms with E-state index in [1.807, 2.05) is 13.8 Å². The summed E-state index contributed by atoms with van der Waals surface area (Å²) >= 11 is 5.02. The molecule has 0 spiro atoms.